The number of ketones is 1. The summed E-state index contributed by atoms with van der Waals surface area (Å²) in [5.74, 6) is -1.14. The number of hydrogen-bond donors (Lipinski definition) is 1. The number of halogens is 1. The number of benzene rings is 4. The number of Topliss-reactive ketones (excluding diaryl/α,β-unsaturated/α-hetero) is 1. The molecule has 1 amide bonds. The first-order valence-corrected chi connectivity index (χ1v) is 14.6. The van der Waals surface area contributed by atoms with Crippen LogP contribution < -0.4 is 14.4 Å². The lowest BCUT2D eigenvalue weighted by Crippen LogP contribution is -2.29. The van der Waals surface area contributed by atoms with Crippen molar-refractivity contribution in [3.05, 3.63) is 125 Å². The van der Waals surface area contributed by atoms with Crippen molar-refractivity contribution in [3.8, 4) is 11.5 Å². The molecule has 0 spiro atoms. The van der Waals surface area contributed by atoms with Crippen molar-refractivity contribution in [2.75, 3.05) is 4.90 Å². The van der Waals surface area contributed by atoms with Gasteiger partial charge in [-0.05, 0) is 72.1 Å². The molecule has 9 heteroatoms. The van der Waals surface area contributed by atoms with Crippen LogP contribution in [0.1, 0.15) is 35.2 Å². The highest BCUT2D eigenvalue weighted by atomic mass is 32.1. The Kier molecular flexibility index (Phi) is 6.66. The van der Waals surface area contributed by atoms with Crippen LogP contribution >= 0.6 is 11.3 Å². The van der Waals surface area contributed by atoms with Gasteiger partial charge in [0.25, 0.3) is 5.78 Å². The molecule has 4 aromatic carbocycles. The number of rotatable bonds is 6. The summed E-state index contributed by atoms with van der Waals surface area (Å²) in [6.45, 7) is 2.28. The highest BCUT2D eigenvalue weighted by Gasteiger charge is 2.48. The summed E-state index contributed by atoms with van der Waals surface area (Å²) in [6.07, 6.45) is 0.664. The van der Waals surface area contributed by atoms with Gasteiger partial charge in [0.2, 0.25) is 0 Å². The fourth-order valence-corrected chi connectivity index (χ4v) is 6.59. The number of amides is 1. The van der Waals surface area contributed by atoms with Gasteiger partial charge in [-0.2, -0.15) is 0 Å². The number of carbonyl (C=O) groups is 2. The zero-order valence-corrected chi connectivity index (χ0v) is 23.8. The fourth-order valence-electron chi connectivity index (χ4n) is 5.57. The van der Waals surface area contributed by atoms with Gasteiger partial charge in [0.05, 0.1) is 21.8 Å². The summed E-state index contributed by atoms with van der Waals surface area (Å²) in [7, 11) is 0. The second-order valence-electron chi connectivity index (χ2n) is 10.6. The van der Waals surface area contributed by atoms with Crippen molar-refractivity contribution in [2.45, 2.75) is 32.1 Å². The molecule has 1 aromatic heterocycles. The molecule has 7 nitrogen and oxygen atoms in total. The number of carbonyl (C=O) groups excluding carboxylic acids is 2. The summed E-state index contributed by atoms with van der Waals surface area (Å²) >= 11 is 1.10. The largest absolute Gasteiger partial charge is 0.507 e. The van der Waals surface area contributed by atoms with Crippen LogP contribution in [0, 0.1) is 5.82 Å². The van der Waals surface area contributed by atoms with Crippen LogP contribution in [-0.2, 0) is 22.6 Å². The van der Waals surface area contributed by atoms with Crippen LogP contribution in [0.3, 0.4) is 0 Å². The van der Waals surface area contributed by atoms with Gasteiger partial charge in [0.15, 0.2) is 5.13 Å². The lowest BCUT2D eigenvalue weighted by atomic mass is 9.94. The van der Waals surface area contributed by atoms with Gasteiger partial charge in [-0.25, -0.2) is 9.37 Å². The van der Waals surface area contributed by atoms with E-state index in [1.54, 1.807) is 42.5 Å². The van der Waals surface area contributed by atoms with Crippen LogP contribution in [0.25, 0.3) is 16.0 Å². The Bertz CT molecular complexity index is 1940. The number of nitrogens with zero attached hydrogens (tertiary/aromatic N) is 2. The minimum atomic E-state index is -1.01. The minimum Gasteiger partial charge on any atom is -0.507 e. The van der Waals surface area contributed by atoms with E-state index in [1.165, 1.54) is 23.1 Å². The Morgan fingerprint density at radius 3 is 2.72 bits per heavy atom. The van der Waals surface area contributed by atoms with E-state index in [2.05, 4.69) is 4.98 Å². The number of aromatic nitrogens is 1. The first-order chi connectivity index (χ1) is 20.9. The number of aliphatic hydroxyl groups excluding tert-OH is 1. The first-order valence-electron chi connectivity index (χ1n) is 13.8. The minimum absolute atomic E-state index is 0.000439. The van der Waals surface area contributed by atoms with Gasteiger partial charge in [0.1, 0.15) is 35.8 Å². The normalized spacial score (nSPS) is 19.1. The van der Waals surface area contributed by atoms with Crippen molar-refractivity contribution >= 4 is 44.1 Å². The zero-order chi connectivity index (χ0) is 29.7. The molecule has 2 unspecified atom stereocenters. The third-order valence-electron chi connectivity index (χ3n) is 7.58. The lowest BCUT2D eigenvalue weighted by Gasteiger charge is -2.23. The molecular formula is C34H25FN2O5S. The number of hydrogen-bond acceptors (Lipinski definition) is 7. The Labute approximate surface area is 250 Å². The molecule has 7 rings (SSSR count). The molecule has 3 heterocycles. The maximum absolute atomic E-state index is 14.0. The number of anilines is 1. The van der Waals surface area contributed by atoms with Gasteiger partial charge in [-0.1, -0.05) is 53.8 Å². The van der Waals surface area contributed by atoms with Crippen molar-refractivity contribution in [3.63, 3.8) is 0 Å². The van der Waals surface area contributed by atoms with Gasteiger partial charge >= 0.3 is 5.91 Å². The molecule has 214 valence electrons. The van der Waals surface area contributed by atoms with Gasteiger partial charge < -0.3 is 14.6 Å². The molecule has 1 fully saturated rings. The smallest absolute Gasteiger partial charge is 0.301 e. The summed E-state index contributed by atoms with van der Waals surface area (Å²) in [4.78, 5) is 33.2. The Hall–Kier alpha value is -5.02. The molecule has 1 saturated heterocycles. The molecule has 2 aliphatic rings. The second kappa shape index (κ2) is 10.7. The van der Waals surface area contributed by atoms with Gasteiger partial charge in [-0.15, -0.1) is 0 Å². The summed E-state index contributed by atoms with van der Waals surface area (Å²) < 4.78 is 26.4. The summed E-state index contributed by atoms with van der Waals surface area (Å²) in [6, 6.07) is 25.2. The van der Waals surface area contributed by atoms with Crippen molar-refractivity contribution in [1.82, 2.24) is 4.98 Å². The quantitative estimate of drug-likeness (QED) is 0.130. The molecule has 2 atom stereocenters. The highest BCUT2D eigenvalue weighted by molar-refractivity contribution is 7.22. The van der Waals surface area contributed by atoms with E-state index in [4.69, 9.17) is 9.47 Å². The van der Waals surface area contributed by atoms with E-state index in [1.807, 2.05) is 37.3 Å². The molecule has 0 saturated carbocycles. The van der Waals surface area contributed by atoms with Crippen molar-refractivity contribution in [1.29, 1.82) is 0 Å². The van der Waals surface area contributed by atoms with E-state index in [9.17, 15) is 19.1 Å². The Morgan fingerprint density at radius 2 is 1.88 bits per heavy atom. The van der Waals surface area contributed by atoms with Crippen LogP contribution in [-0.4, -0.2) is 27.9 Å². The number of thiazole rings is 1. The predicted molar refractivity (Wildman–Crippen MR) is 162 cm³/mol. The number of ether oxygens (including phenoxy) is 2. The predicted octanol–water partition coefficient (Wildman–Crippen LogP) is 6.96. The molecule has 43 heavy (non-hydrogen) atoms. The SMILES string of the molecule is CC1Cc2cc(/C(O)=C3\C(=O)C(=O)N(c4nc5ccc(F)cc5s4)C3c3cccc(OCc4ccccc4)c3)ccc2O1. The van der Waals surface area contributed by atoms with Crippen LogP contribution in [0.2, 0.25) is 0 Å². The highest BCUT2D eigenvalue weighted by Crippen LogP contribution is 2.45. The van der Waals surface area contributed by atoms with E-state index in [0.29, 0.717) is 40.1 Å². The maximum Gasteiger partial charge on any atom is 0.301 e. The fraction of sp³-hybridized carbons (Fsp3) is 0.147. The third-order valence-corrected chi connectivity index (χ3v) is 8.60. The molecule has 5 aromatic rings. The van der Waals surface area contributed by atoms with Crippen molar-refractivity contribution in [2.24, 2.45) is 0 Å². The summed E-state index contributed by atoms with van der Waals surface area (Å²) in [5, 5.41) is 11.9. The molecule has 0 bridgehead atoms. The van der Waals surface area contributed by atoms with Gasteiger partial charge in [-0.3, -0.25) is 14.5 Å². The molecule has 0 radical (unpaired) electrons. The van der Waals surface area contributed by atoms with Crippen LogP contribution in [0.15, 0.2) is 96.6 Å². The molecule has 2 aliphatic heterocycles. The lowest BCUT2D eigenvalue weighted by molar-refractivity contribution is -0.132. The number of fused-ring (bicyclic) bond motifs is 2. The summed E-state index contributed by atoms with van der Waals surface area (Å²) in [5.41, 5.74) is 3.27. The van der Waals surface area contributed by atoms with E-state index in [0.717, 1.165) is 28.2 Å². The topological polar surface area (TPSA) is 89.0 Å². The first kappa shape index (κ1) is 26.9. The average molecular weight is 593 g/mol. The molecule has 1 N–H and O–H groups in total. The molecule has 0 aliphatic carbocycles. The van der Waals surface area contributed by atoms with Gasteiger partial charge in [0, 0.05) is 12.0 Å². The standard InChI is InChI=1S/C34H25FN2O5S/c1-19-14-23-15-22(10-13-27(23)42-19)31(38)29-30(21-8-5-9-25(16-21)41-18-20-6-3-2-4-7-20)37(33(40)32(29)39)34-36-26-12-11-24(35)17-28(26)43-34/h2-13,15-17,19,30,38H,14,18H2,1H3/b31-29+. The Morgan fingerprint density at radius 1 is 1.05 bits per heavy atom. The number of aliphatic hydroxyl groups is 1. The van der Waals surface area contributed by atoms with Crippen LogP contribution in [0.4, 0.5) is 9.52 Å². The third kappa shape index (κ3) is 4.91. The van der Waals surface area contributed by atoms with Crippen LogP contribution in [0.5, 0.6) is 11.5 Å². The van der Waals surface area contributed by atoms with Crippen molar-refractivity contribution < 1.29 is 28.6 Å². The zero-order valence-electron chi connectivity index (χ0n) is 23.0. The maximum atomic E-state index is 14.0. The van der Waals surface area contributed by atoms with E-state index >= 15 is 0 Å². The monoisotopic (exact) mass is 592 g/mol. The second-order valence-corrected chi connectivity index (χ2v) is 11.6. The van der Waals surface area contributed by atoms with E-state index < -0.39 is 23.5 Å². The Balaban J connectivity index is 1.35. The average Bonchev–Trinajstić information content (AvgIpc) is 3.68. The molecular weight excluding hydrogens is 567 g/mol. The van der Waals surface area contributed by atoms with E-state index in [-0.39, 0.29) is 22.6 Å².